The fraction of sp³-hybridized carbons (Fsp3) is 0.391. The third kappa shape index (κ3) is 4.37. The zero-order valence-electron chi connectivity index (χ0n) is 18.5. The molecule has 0 saturated carbocycles. The Labute approximate surface area is 187 Å². The van der Waals surface area contributed by atoms with E-state index >= 15 is 0 Å². The highest BCUT2D eigenvalue weighted by Gasteiger charge is 2.27. The van der Waals surface area contributed by atoms with Crippen LogP contribution in [0.15, 0.2) is 43.1 Å². The lowest BCUT2D eigenvalue weighted by atomic mass is 10.1. The maximum atomic E-state index is 12.0. The number of aromatic nitrogens is 2. The van der Waals surface area contributed by atoms with Crippen molar-refractivity contribution < 1.29 is 14.3 Å². The smallest absolute Gasteiger partial charge is 0.415 e. The molecule has 0 bridgehead atoms. The molecule has 1 aromatic heterocycles. The van der Waals surface area contributed by atoms with Crippen LogP contribution >= 0.6 is 0 Å². The van der Waals surface area contributed by atoms with Crippen molar-refractivity contribution in [2.75, 3.05) is 47.8 Å². The van der Waals surface area contributed by atoms with Gasteiger partial charge in [-0.2, -0.15) is 4.98 Å². The quantitative estimate of drug-likeness (QED) is 0.696. The lowest BCUT2D eigenvalue weighted by Gasteiger charge is -2.35. The van der Waals surface area contributed by atoms with Crippen LogP contribution in [-0.2, 0) is 16.1 Å². The molecule has 2 aliphatic heterocycles. The maximum Gasteiger partial charge on any atom is 0.415 e. The molecule has 168 valence electrons. The fourth-order valence-electron chi connectivity index (χ4n) is 3.95. The molecule has 1 saturated heterocycles. The van der Waals surface area contributed by atoms with E-state index in [1.807, 2.05) is 18.7 Å². The summed E-state index contributed by atoms with van der Waals surface area (Å²) in [5.41, 5.74) is 3.03. The van der Waals surface area contributed by atoms with E-state index in [0.29, 0.717) is 31.4 Å². The number of hydrogen-bond donors (Lipinski definition) is 1. The zero-order chi connectivity index (χ0) is 22.7. The summed E-state index contributed by atoms with van der Waals surface area (Å²) >= 11 is 0. The number of nitrogens with one attached hydrogen (secondary N) is 1. The molecule has 9 nitrogen and oxygen atoms in total. The number of carbonyl (C=O) groups is 2. The number of rotatable bonds is 6. The number of amides is 2. The molecule has 2 aliphatic rings. The molecule has 32 heavy (non-hydrogen) atoms. The van der Waals surface area contributed by atoms with Crippen LogP contribution in [0.4, 0.5) is 22.2 Å². The Morgan fingerprint density at radius 2 is 1.97 bits per heavy atom. The van der Waals surface area contributed by atoms with Crippen molar-refractivity contribution in [2.45, 2.75) is 26.5 Å². The molecule has 0 spiro atoms. The minimum Gasteiger partial charge on any atom is -0.444 e. The van der Waals surface area contributed by atoms with Gasteiger partial charge in [0.25, 0.3) is 0 Å². The first-order chi connectivity index (χ1) is 15.5. The van der Waals surface area contributed by atoms with Gasteiger partial charge in [0.2, 0.25) is 11.9 Å². The van der Waals surface area contributed by atoms with E-state index in [2.05, 4.69) is 51.0 Å². The summed E-state index contributed by atoms with van der Waals surface area (Å²) in [6.45, 7) is 11.1. The average molecular weight is 437 g/mol. The van der Waals surface area contributed by atoms with Crippen LogP contribution in [-0.4, -0.2) is 59.6 Å². The van der Waals surface area contributed by atoms with Crippen molar-refractivity contribution in [3.05, 3.63) is 54.2 Å². The summed E-state index contributed by atoms with van der Waals surface area (Å²) in [7, 11) is 0. The van der Waals surface area contributed by atoms with E-state index in [1.54, 1.807) is 6.20 Å². The van der Waals surface area contributed by atoms with Crippen molar-refractivity contribution in [3.63, 3.8) is 0 Å². The van der Waals surface area contributed by atoms with Gasteiger partial charge in [0.1, 0.15) is 12.4 Å². The van der Waals surface area contributed by atoms with Gasteiger partial charge in [-0.15, -0.1) is 0 Å². The molecule has 1 aromatic carbocycles. The maximum absolute atomic E-state index is 12.0. The Bertz CT molecular complexity index is 1000. The Kier molecular flexibility index (Phi) is 6.25. The summed E-state index contributed by atoms with van der Waals surface area (Å²) in [4.78, 5) is 38.3. The van der Waals surface area contributed by atoms with Gasteiger partial charge in [0, 0.05) is 44.6 Å². The summed E-state index contributed by atoms with van der Waals surface area (Å²) in [6.07, 6.45) is 2.69. The van der Waals surface area contributed by atoms with E-state index in [9.17, 15) is 9.59 Å². The summed E-state index contributed by atoms with van der Waals surface area (Å²) in [5.74, 6) is 1.05. The van der Waals surface area contributed by atoms with E-state index in [-0.39, 0.29) is 24.6 Å². The van der Waals surface area contributed by atoms with Gasteiger partial charge < -0.3 is 19.9 Å². The first kappa shape index (κ1) is 21.6. The molecule has 1 atom stereocenters. The Morgan fingerprint density at radius 3 is 2.62 bits per heavy atom. The highest BCUT2D eigenvalue weighted by Crippen LogP contribution is 2.27. The summed E-state index contributed by atoms with van der Waals surface area (Å²) < 4.78 is 5.14. The van der Waals surface area contributed by atoms with Gasteiger partial charge in [0.15, 0.2) is 0 Å². The number of cyclic esters (lactones) is 1. The minimum atomic E-state index is -0.386. The third-order valence-electron chi connectivity index (χ3n) is 5.85. The van der Waals surface area contributed by atoms with Crippen LogP contribution < -0.4 is 15.1 Å². The zero-order valence-corrected chi connectivity index (χ0v) is 18.5. The van der Waals surface area contributed by atoms with E-state index < -0.39 is 0 Å². The van der Waals surface area contributed by atoms with Crippen LogP contribution in [0.5, 0.6) is 0 Å². The van der Waals surface area contributed by atoms with Crippen molar-refractivity contribution >= 4 is 29.5 Å². The fourth-order valence-corrected chi connectivity index (χ4v) is 3.95. The molecule has 2 aromatic rings. The number of carbonyl (C=O) groups excluding carboxylic acids is 2. The lowest BCUT2D eigenvalue weighted by molar-refractivity contribution is -0.126. The van der Waals surface area contributed by atoms with Crippen molar-refractivity contribution in [1.29, 1.82) is 0 Å². The van der Waals surface area contributed by atoms with Crippen molar-refractivity contribution in [1.82, 2.24) is 14.9 Å². The highest BCUT2D eigenvalue weighted by molar-refractivity contribution is 5.89. The number of nitrogens with zero attached hydrogens (tertiary/aromatic N) is 5. The summed E-state index contributed by atoms with van der Waals surface area (Å²) in [5, 5.41) is 3.32. The van der Waals surface area contributed by atoms with E-state index in [4.69, 9.17) is 4.74 Å². The molecular weight excluding hydrogens is 408 g/mol. The monoisotopic (exact) mass is 436 g/mol. The predicted octanol–water partition coefficient (Wildman–Crippen LogP) is 2.96. The Morgan fingerprint density at radius 1 is 1.25 bits per heavy atom. The first-order valence-electron chi connectivity index (χ1n) is 10.8. The molecule has 9 heteroatoms. The largest absolute Gasteiger partial charge is 0.444 e. The number of fused-ring (bicyclic) bond motifs is 1. The second-order valence-corrected chi connectivity index (χ2v) is 7.82. The van der Waals surface area contributed by atoms with Gasteiger partial charge in [-0.05, 0) is 37.6 Å². The van der Waals surface area contributed by atoms with Crippen molar-refractivity contribution in [2.24, 2.45) is 0 Å². The lowest BCUT2D eigenvalue weighted by Crippen LogP contribution is -2.48. The topological polar surface area (TPSA) is 90.9 Å². The Hall–Kier alpha value is -3.62. The average Bonchev–Trinajstić information content (AvgIpc) is 2.83. The molecule has 1 fully saturated rings. The van der Waals surface area contributed by atoms with Crippen LogP contribution in [0.3, 0.4) is 0 Å². The second-order valence-electron chi connectivity index (χ2n) is 7.82. The van der Waals surface area contributed by atoms with Crippen LogP contribution in [0.25, 0.3) is 0 Å². The molecule has 3 heterocycles. The molecular formula is C23H28N6O3. The standard InChI is InChI=1S/C23H28N6O3/c1-4-20(30)28-12-10-27(11-13-28)19-8-6-17(7-9-19)16(3)25-22-24-14-18-15-32-23(31)29(5-2)21(18)26-22/h4,6-9,14,16H,1,5,10-13,15H2,2-3H3,(H,24,25,26)/t16-/m0/s1. The molecule has 4 rings (SSSR count). The number of hydrogen-bond acceptors (Lipinski definition) is 7. The van der Waals surface area contributed by atoms with Gasteiger partial charge >= 0.3 is 6.09 Å². The molecule has 1 N–H and O–H groups in total. The molecule has 0 unspecified atom stereocenters. The van der Waals surface area contributed by atoms with Gasteiger partial charge in [-0.25, -0.2) is 9.78 Å². The number of ether oxygens (including phenoxy) is 1. The van der Waals surface area contributed by atoms with Crippen molar-refractivity contribution in [3.8, 4) is 0 Å². The number of anilines is 3. The number of piperazine rings is 1. The SMILES string of the molecule is C=CC(=O)N1CCN(c2ccc([C@H](C)Nc3ncc4c(n3)N(CC)C(=O)OC4)cc2)CC1. The highest BCUT2D eigenvalue weighted by atomic mass is 16.6. The third-order valence-corrected chi connectivity index (χ3v) is 5.85. The molecule has 0 radical (unpaired) electrons. The van der Waals surface area contributed by atoms with E-state index in [1.165, 1.54) is 11.0 Å². The second kappa shape index (κ2) is 9.25. The van der Waals surface area contributed by atoms with Gasteiger partial charge in [-0.3, -0.25) is 9.69 Å². The molecule has 2 amide bonds. The van der Waals surface area contributed by atoms with Crippen LogP contribution in [0.1, 0.15) is 31.0 Å². The van der Waals surface area contributed by atoms with Gasteiger partial charge in [-0.1, -0.05) is 18.7 Å². The predicted molar refractivity (Wildman–Crippen MR) is 123 cm³/mol. The normalized spacial score (nSPS) is 16.8. The van der Waals surface area contributed by atoms with Crippen LogP contribution in [0, 0.1) is 0 Å². The first-order valence-corrected chi connectivity index (χ1v) is 10.8. The van der Waals surface area contributed by atoms with Gasteiger partial charge in [0.05, 0.1) is 11.6 Å². The molecule has 0 aliphatic carbocycles. The minimum absolute atomic E-state index is 0.0109. The number of benzene rings is 1. The summed E-state index contributed by atoms with van der Waals surface area (Å²) in [6, 6.07) is 8.35. The van der Waals surface area contributed by atoms with Crippen LogP contribution in [0.2, 0.25) is 0 Å². The van der Waals surface area contributed by atoms with E-state index in [0.717, 1.165) is 29.9 Å². The Balaban J connectivity index is 1.40.